The average Bonchev–Trinajstić information content (AvgIpc) is 1.91. The molecule has 0 saturated carbocycles. The summed E-state index contributed by atoms with van der Waals surface area (Å²) in [7, 11) is -1.47. The van der Waals surface area contributed by atoms with Gasteiger partial charge in [-0.15, -0.1) is 0 Å². The summed E-state index contributed by atoms with van der Waals surface area (Å²) >= 11 is 0. The molecule has 0 atom stereocenters. The van der Waals surface area contributed by atoms with E-state index in [0.717, 1.165) is 25.4 Å². The molecule has 3 heteroatoms. The van der Waals surface area contributed by atoms with Crippen molar-refractivity contribution in [3.05, 3.63) is 11.5 Å². The zero-order valence-corrected chi connectivity index (χ0v) is 9.44. The van der Waals surface area contributed by atoms with Gasteiger partial charge in [0, 0.05) is 5.57 Å². The second-order valence-electron chi connectivity index (χ2n) is 4.23. The van der Waals surface area contributed by atoms with Crippen LogP contribution in [0.4, 0.5) is 0 Å². The Hall–Kier alpha value is -0.443. The molecule has 0 N–H and O–H groups in total. The van der Waals surface area contributed by atoms with Crippen molar-refractivity contribution in [3.63, 3.8) is 0 Å². The van der Waals surface area contributed by atoms with E-state index in [-0.39, 0.29) is 0 Å². The van der Waals surface area contributed by atoms with Crippen LogP contribution in [0.15, 0.2) is 11.5 Å². The quantitative estimate of drug-likeness (QED) is 0.617. The molecular formula is C9H18O2Si. The van der Waals surface area contributed by atoms with Crippen molar-refractivity contribution in [2.24, 2.45) is 0 Å². The van der Waals surface area contributed by atoms with Gasteiger partial charge in [0.25, 0.3) is 5.95 Å². The molecule has 0 aliphatic carbocycles. The van der Waals surface area contributed by atoms with E-state index in [1.165, 1.54) is 5.57 Å². The smallest absolute Gasteiger partial charge is 0.264 e. The summed E-state index contributed by atoms with van der Waals surface area (Å²) in [6.07, 6.45) is 2.25. The summed E-state index contributed by atoms with van der Waals surface area (Å²) in [5.41, 5.74) is 1.27. The zero-order valence-electron chi connectivity index (χ0n) is 8.44. The molecule has 0 spiro atoms. The minimum absolute atomic E-state index is 0.806. The molecule has 1 rings (SSSR count). The van der Waals surface area contributed by atoms with Crippen molar-refractivity contribution in [2.45, 2.75) is 39.4 Å². The lowest BCUT2D eigenvalue weighted by Gasteiger charge is -2.26. The molecular weight excluding hydrogens is 168 g/mol. The van der Waals surface area contributed by atoms with Crippen molar-refractivity contribution in [1.29, 1.82) is 0 Å². The summed E-state index contributed by atoms with van der Waals surface area (Å²) in [6, 6.07) is 0. The van der Waals surface area contributed by atoms with Gasteiger partial charge in [-0.3, -0.25) is 0 Å². The second-order valence-corrected chi connectivity index (χ2v) is 8.66. The monoisotopic (exact) mass is 186 g/mol. The summed E-state index contributed by atoms with van der Waals surface area (Å²) in [5, 5.41) is 0. The maximum Gasteiger partial charge on any atom is 0.264 e. The minimum atomic E-state index is -1.47. The van der Waals surface area contributed by atoms with Crippen molar-refractivity contribution < 1.29 is 9.16 Å². The number of rotatable bonds is 2. The third kappa shape index (κ3) is 2.89. The molecule has 0 aromatic carbocycles. The first kappa shape index (κ1) is 9.64. The first-order valence-electron chi connectivity index (χ1n) is 4.50. The van der Waals surface area contributed by atoms with Crippen LogP contribution in [0.2, 0.25) is 19.6 Å². The highest BCUT2D eigenvalue weighted by molar-refractivity contribution is 6.70. The molecule has 0 bridgehead atoms. The lowest BCUT2D eigenvalue weighted by Crippen LogP contribution is -2.27. The normalized spacial score (nSPS) is 19.0. The van der Waals surface area contributed by atoms with Gasteiger partial charge in [0.1, 0.15) is 0 Å². The Morgan fingerprint density at radius 2 is 2.00 bits per heavy atom. The number of hydrogen-bond acceptors (Lipinski definition) is 2. The van der Waals surface area contributed by atoms with Gasteiger partial charge in [-0.25, -0.2) is 0 Å². The minimum Gasteiger partial charge on any atom is -0.520 e. The molecule has 0 radical (unpaired) electrons. The molecule has 1 aliphatic rings. The Morgan fingerprint density at radius 1 is 1.33 bits per heavy atom. The van der Waals surface area contributed by atoms with Crippen molar-refractivity contribution in [2.75, 3.05) is 6.61 Å². The zero-order chi connectivity index (χ0) is 9.19. The molecule has 0 saturated heterocycles. The van der Waals surface area contributed by atoms with Gasteiger partial charge in [-0.2, -0.15) is 0 Å². The van der Waals surface area contributed by atoms with E-state index in [1.807, 2.05) is 0 Å². The van der Waals surface area contributed by atoms with Crippen LogP contribution in [0.25, 0.3) is 0 Å². The third-order valence-electron chi connectivity index (χ3n) is 1.68. The predicted octanol–water partition coefficient (Wildman–Crippen LogP) is 2.88. The third-order valence-corrected chi connectivity index (χ3v) is 2.47. The molecule has 1 aliphatic heterocycles. The van der Waals surface area contributed by atoms with Gasteiger partial charge in [0.15, 0.2) is 0 Å². The van der Waals surface area contributed by atoms with Crippen molar-refractivity contribution in [3.8, 4) is 0 Å². The van der Waals surface area contributed by atoms with Crippen LogP contribution in [0.5, 0.6) is 0 Å². The predicted molar refractivity (Wildman–Crippen MR) is 52.3 cm³/mol. The Bertz CT molecular complexity index is 191. The first-order valence-corrected chi connectivity index (χ1v) is 7.91. The fraction of sp³-hybridized carbons (Fsp3) is 0.778. The van der Waals surface area contributed by atoms with Gasteiger partial charge in [0.05, 0.1) is 6.61 Å². The van der Waals surface area contributed by atoms with Crippen LogP contribution in [-0.2, 0) is 9.16 Å². The van der Waals surface area contributed by atoms with E-state index in [0.29, 0.717) is 0 Å². The van der Waals surface area contributed by atoms with E-state index in [1.54, 1.807) is 0 Å². The van der Waals surface area contributed by atoms with Gasteiger partial charge < -0.3 is 9.16 Å². The molecule has 0 amide bonds. The highest BCUT2D eigenvalue weighted by atomic mass is 28.4. The van der Waals surface area contributed by atoms with Crippen LogP contribution in [0, 0.1) is 0 Å². The Labute approximate surface area is 75.7 Å². The number of hydrogen-bond donors (Lipinski definition) is 0. The second kappa shape index (κ2) is 3.52. The van der Waals surface area contributed by atoms with Gasteiger partial charge in [-0.1, -0.05) is 0 Å². The highest BCUT2D eigenvalue weighted by Crippen LogP contribution is 2.22. The molecule has 0 aromatic rings. The summed E-state index contributed by atoms with van der Waals surface area (Å²) < 4.78 is 11.2. The molecule has 0 unspecified atom stereocenters. The Morgan fingerprint density at radius 3 is 2.50 bits per heavy atom. The van der Waals surface area contributed by atoms with Crippen LogP contribution < -0.4 is 0 Å². The maximum absolute atomic E-state index is 5.79. The SMILES string of the molecule is CC1=C(O[Si](C)(C)C)OCCC1. The molecule has 0 fully saturated rings. The van der Waals surface area contributed by atoms with E-state index >= 15 is 0 Å². The van der Waals surface area contributed by atoms with E-state index in [9.17, 15) is 0 Å². The van der Waals surface area contributed by atoms with Gasteiger partial charge in [0.2, 0.25) is 8.32 Å². The fourth-order valence-electron chi connectivity index (χ4n) is 1.12. The van der Waals surface area contributed by atoms with Crippen LogP contribution in [-0.4, -0.2) is 14.9 Å². The van der Waals surface area contributed by atoms with E-state index < -0.39 is 8.32 Å². The molecule has 1 heterocycles. The van der Waals surface area contributed by atoms with Crippen LogP contribution in [0.1, 0.15) is 19.8 Å². The lowest BCUT2D eigenvalue weighted by molar-refractivity contribution is 0.0827. The summed E-state index contributed by atoms with van der Waals surface area (Å²) in [5.74, 6) is 0.806. The first-order chi connectivity index (χ1) is 5.49. The largest absolute Gasteiger partial charge is 0.520 e. The van der Waals surface area contributed by atoms with Gasteiger partial charge >= 0.3 is 0 Å². The van der Waals surface area contributed by atoms with Crippen molar-refractivity contribution >= 4 is 8.32 Å². The lowest BCUT2D eigenvalue weighted by atomic mass is 10.1. The Balaban J connectivity index is 2.61. The average molecular weight is 186 g/mol. The number of allylic oxidation sites excluding steroid dienone is 1. The van der Waals surface area contributed by atoms with Gasteiger partial charge in [-0.05, 0) is 39.4 Å². The molecule has 12 heavy (non-hydrogen) atoms. The Kier molecular flexibility index (Phi) is 2.83. The standard InChI is InChI=1S/C9H18O2Si/c1-8-6-5-7-10-9(8)11-12(2,3)4/h5-7H2,1-4H3. The van der Waals surface area contributed by atoms with E-state index in [4.69, 9.17) is 9.16 Å². The summed E-state index contributed by atoms with van der Waals surface area (Å²) in [4.78, 5) is 0. The molecule has 70 valence electrons. The highest BCUT2D eigenvalue weighted by Gasteiger charge is 2.21. The topological polar surface area (TPSA) is 18.5 Å². The summed E-state index contributed by atoms with van der Waals surface area (Å²) in [6.45, 7) is 9.42. The fourth-order valence-corrected chi connectivity index (χ4v) is 1.91. The molecule has 2 nitrogen and oxygen atoms in total. The molecule has 0 aromatic heterocycles. The van der Waals surface area contributed by atoms with Crippen LogP contribution >= 0.6 is 0 Å². The van der Waals surface area contributed by atoms with Crippen molar-refractivity contribution in [1.82, 2.24) is 0 Å². The number of ether oxygens (including phenoxy) is 1. The maximum atomic E-state index is 5.79. The van der Waals surface area contributed by atoms with E-state index in [2.05, 4.69) is 26.6 Å². The van der Waals surface area contributed by atoms with Crippen LogP contribution in [0.3, 0.4) is 0 Å².